The maximum atomic E-state index is 12.1. The standard InChI is InChI=1S/C12H18N4O4/c1-8(12(19)16-4-6-20-7-5-16)13-11(18)9-2-3-10(17)15-14-9/h8H,2-7H2,1H3,(H,13,18)(H,15,17). The summed E-state index contributed by atoms with van der Waals surface area (Å²) in [6.07, 6.45) is 0.522. The molecule has 20 heavy (non-hydrogen) atoms. The molecule has 3 amide bonds. The maximum Gasteiger partial charge on any atom is 0.268 e. The molecule has 0 bridgehead atoms. The van der Waals surface area contributed by atoms with E-state index in [4.69, 9.17) is 4.74 Å². The van der Waals surface area contributed by atoms with Crippen molar-refractivity contribution in [1.29, 1.82) is 0 Å². The molecule has 0 spiro atoms. The molecule has 0 saturated carbocycles. The van der Waals surface area contributed by atoms with Gasteiger partial charge in [0.25, 0.3) is 5.91 Å². The summed E-state index contributed by atoms with van der Waals surface area (Å²) in [5.41, 5.74) is 2.50. The Morgan fingerprint density at radius 2 is 2.05 bits per heavy atom. The highest BCUT2D eigenvalue weighted by Crippen LogP contribution is 2.03. The first-order valence-electron chi connectivity index (χ1n) is 6.60. The zero-order valence-corrected chi connectivity index (χ0v) is 11.3. The van der Waals surface area contributed by atoms with Gasteiger partial charge in [0.05, 0.1) is 13.2 Å². The second-order valence-electron chi connectivity index (χ2n) is 4.73. The molecular weight excluding hydrogens is 264 g/mol. The summed E-state index contributed by atoms with van der Waals surface area (Å²) in [5, 5.41) is 6.30. The molecule has 0 aromatic carbocycles. The van der Waals surface area contributed by atoms with Crippen molar-refractivity contribution in [3.8, 4) is 0 Å². The van der Waals surface area contributed by atoms with Crippen LogP contribution >= 0.6 is 0 Å². The Balaban J connectivity index is 1.87. The fourth-order valence-electron chi connectivity index (χ4n) is 2.04. The number of carbonyl (C=O) groups excluding carboxylic acids is 3. The van der Waals surface area contributed by atoms with E-state index in [1.165, 1.54) is 0 Å². The van der Waals surface area contributed by atoms with Gasteiger partial charge in [-0.05, 0) is 6.92 Å². The van der Waals surface area contributed by atoms with E-state index in [0.29, 0.717) is 26.3 Å². The Morgan fingerprint density at radius 1 is 1.35 bits per heavy atom. The number of nitrogens with one attached hydrogen (secondary N) is 2. The first kappa shape index (κ1) is 14.4. The highest BCUT2D eigenvalue weighted by Gasteiger charge is 2.26. The van der Waals surface area contributed by atoms with Crippen molar-refractivity contribution in [3.63, 3.8) is 0 Å². The Bertz CT molecular complexity index is 443. The number of rotatable bonds is 3. The van der Waals surface area contributed by atoms with Crippen LogP contribution in [0.15, 0.2) is 5.10 Å². The van der Waals surface area contributed by atoms with Gasteiger partial charge in [0.2, 0.25) is 11.8 Å². The molecule has 2 N–H and O–H groups in total. The quantitative estimate of drug-likeness (QED) is 0.666. The molecule has 1 fully saturated rings. The molecule has 2 aliphatic heterocycles. The topological polar surface area (TPSA) is 100 Å². The van der Waals surface area contributed by atoms with Crippen LogP contribution in [-0.2, 0) is 19.1 Å². The lowest BCUT2D eigenvalue weighted by Gasteiger charge is -2.29. The lowest BCUT2D eigenvalue weighted by Crippen LogP contribution is -2.52. The number of ether oxygens (including phenoxy) is 1. The summed E-state index contributed by atoms with van der Waals surface area (Å²) in [4.78, 5) is 36.6. The molecule has 8 nitrogen and oxygen atoms in total. The van der Waals surface area contributed by atoms with Crippen LogP contribution in [0.5, 0.6) is 0 Å². The third-order valence-electron chi connectivity index (χ3n) is 3.21. The SMILES string of the molecule is CC(NC(=O)C1=NNC(=O)CC1)C(=O)N1CCOCC1. The third-order valence-corrected chi connectivity index (χ3v) is 3.21. The second kappa shape index (κ2) is 6.47. The van der Waals surface area contributed by atoms with Crippen molar-refractivity contribution < 1.29 is 19.1 Å². The highest BCUT2D eigenvalue weighted by atomic mass is 16.5. The second-order valence-corrected chi connectivity index (χ2v) is 4.73. The number of morpholine rings is 1. The summed E-state index contributed by atoms with van der Waals surface area (Å²) in [6, 6.07) is -0.624. The number of hydrogen-bond acceptors (Lipinski definition) is 5. The van der Waals surface area contributed by atoms with Gasteiger partial charge in [-0.1, -0.05) is 0 Å². The Kier molecular flexibility index (Phi) is 4.67. The molecule has 110 valence electrons. The molecular formula is C12H18N4O4. The molecule has 0 radical (unpaired) electrons. The van der Waals surface area contributed by atoms with Gasteiger partial charge in [0.1, 0.15) is 11.8 Å². The Labute approximate surface area is 116 Å². The molecule has 0 aliphatic carbocycles. The third kappa shape index (κ3) is 3.53. The van der Waals surface area contributed by atoms with E-state index >= 15 is 0 Å². The average molecular weight is 282 g/mol. The predicted octanol–water partition coefficient (Wildman–Crippen LogP) is -1.38. The fourth-order valence-corrected chi connectivity index (χ4v) is 2.04. The molecule has 1 saturated heterocycles. The number of amides is 3. The predicted molar refractivity (Wildman–Crippen MR) is 69.8 cm³/mol. The number of carbonyl (C=O) groups is 3. The summed E-state index contributed by atoms with van der Waals surface area (Å²) < 4.78 is 5.18. The molecule has 2 aliphatic rings. The van der Waals surface area contributed by atoms with Crippen LogP contribution < -0.4 is 10.7 Å². The molecule has 2 heterocycles. The van der Waals surface area contributed by atoms with E-state index < -0.39 is 11.9 Å². The lowest BCUT2D eigenvalue weighted by molar-refractivity contribution is -0.138. The van der Waals surface area contributed by atoms with Crippen LogP contribution in [0.2, 0.25) is 0 Å². The van der Waals surface area contributed by atoms with Gasteiger partial charge in [-0.25, -0.2) is 5.43 Å². The zero-order chi connectivity index (χ0) is 14.5. The van der Waals surface area contributed by atoms with E-state index in [2.05, 4.69) is 15.8 Å². The molecule has 0 aromatic heterocycles. The van der Waals surface area contributed by atoms with Crippen molar-refractivity contribution >= 4 is 23.4 Å². The summed E-state index contributed by atoms with van der Waals surface area (Å²) in [7, 11) is 0. The summed E-state index contributed by atoms with van der Waals surface area (Å²) >= 11 is 0. The van der Waals surface area contributed by atoms with Gasteiger partial charge < -0.3 is 15.0 Å². The van der Waals surface area contributed by atoms with Gasteiger partial charge >= 0.3 is 0 Å². The monoisotopic (exact) mass is 282 g/mol. The van der Waals surface area contributed by atoms with Crippen molar-refractivity contribution in [2.75, 3.05) is 26.3 Å². The minimum absolute atomic E-state index is 0.137. The molecule has 1 unspecified atom stereocenters. The van der Waals surface area contributed by atoms with Crippen LogP contribution in [0.25, 0.3) is 0 Å². The van der Waals surface area contributed by atoms with E-state index in [0.717, 1.165) is 0 Å². The maximum absolute atomic E-state index is 12.1. The zero-order valence-electron chi connectivity index (χ0n) is 11.3. The summed E-state index contributed by atoms with van der Waals surface area (Å²) in [5.74, 6) is -0.764. The van der Waals surface area contributed by atoms with E-state index in [1.807, 2.05) is 0 Å². The van der Waals surface area contributed by atoms with Gasteiger partial charge in [-0.3, -0.25) is 14.4 Å². The van der Waals surface area contributed by atoms with Gasteiger partial charge in [-0.2, -0.15) is 5.10 Å². The van der Waals surface area contributed by atoms with Crippen molar-refractivity contribution in [2.45, 2.75) is 25.8 Å². The van der Waals surface area contributed by atoms with E-state index in [9.17, 15) is 14.4 Å². The smallest absolute Gasteiger partial charge is 0.268 e. The minimum atomic E-state index is -0.624. The minimum Gasteiger partial charge on any atom is -0.378 e. The van der Waals surface area contributed by atoms with Gasteiger partial charge in [0.15, 0.2) is 0 Å². The van der Waals surface area contributed by atoms with Crippen LogP contribution in [0.1, 0.15) is 19.8 Å². The largest absolute Gasteiger partial charge is 0.378 e. The molecule has 8 heteroatoms. The van der Waals surface area contributed by atoms with Crippen LogP contribution in [0, 0.1) is 0 Å². The highest BCUT2D eigenvalue weighted by molar-refractivity contribution is 6.39. The molecule has 2 rings (SSSR count). The van der Waals surface area contributed by atoms with Crippen LogP contribution in [0.3, 0.4) is 0 Å². The lowest BCUT2D eigenvalue weighted by atomic mass is 10.1. The van der Waals surface area contributed by atoms with Gasteiger partial charge in [-0.15, -0.1) is 0 Å². The van der Waals surface area contributed by atoms with Crippen molar-refractivity contribution in [1.82, 2.24) is 15.6 Å². The fraction of sp³-hybridized carbons (Fsp3) is 0.667. The first-order valence-corrected chi connectivity index (χ1v) is 6.60. The molecule has 1 atom stereocenters. The van der Waals surface area contributed by atoms with E-state index in [1.54, 1.807) is 11.8 Å². The van der Waals surface area contributed by atoms with Crippen LogP contribution in [0.4, 0.5) is 0 Å². The van der Waals surface area contributed by atoms with Crippen molar-refractivity contribution in [2.24, 2.45) is 5.10 Å². The summed E-state index contributed by atoms with van der Waals surface area (Å²) in [6.45, 7) is 3.75. The van der Waals surface area contributed by atoms with Crippen molar-refractivity contribution in [3.05, 3.63) is 0 Å². The normalized spacial score (nSPS) is 20.8. The Morgan fingerprint density at radius 3 is 2.65 bits per heavy atom. The first-order chi connectivity index (χ1) is 9.58. The average Bonchev–Trinajstić information content (AvgIpc) is 2.48. The Hall–Kier alpha value is -1.96. The molecule has 0 aromatic rings. The van der Waals surface area contributed by atoms with Gasteiger partial charge in [0, 0.05) is 25.9 Å². The number of hydrogen-bond donors (Lipinski definition) is 2. The number of nitrogens with zero attached hydrogens (tertiary/aromatic N) is 2. The number of hydrazone groups is 1. The van der Waals surface area contributed by atoms with E-state index in [-0.39, 0.29) is 30.4 Å². The van der Waals surface area contributed by atoms with Crippen LogP contribution in [-0.4, -0.2) is 60.7 Å².